The monoisotopic (exact) mass is 555 g/mol. The van der Waals surface area contributed by atoms with Gasteiger partial charge in [0.15, 0.2) is 0 Å². The van der Waals surface area contributed by atoms with Gasteiger partial charge in [0.2, 0.25) is 11.8 Å². The Morgan fingerprint density at radius 2 is 1.69 bits per heavy atom. The molecule has 2 aliphatic rings. The Kier molecular flexibility index (Phi) is 11.5. The molecule has 10 heteroatoms. The number of urea groups is 1. The molecular weight excluding hydrogens is 514 g/mol. The number of rotatable bonds is 8. The second-order valence-corrected chi connectivity index (χ2v) is 11.0. The lowest BCUT2D eigenvalue weighted by Gasteiger charge is -2.54. The highest BCUT2D eigenvalue weighted by molar-refractivity contribution is 7.98. The Labute approximate surface area is 236 Å². The molecule has 2 aromatic carbocycles. The van der Waals surface area contributed by atoms with E-state index >= 15 is 0 Å². The first kappa shape index (κ1) is 30.3. The van der Waals surface area contributed by atoms with Gasteiger partial charge in [-0.15, -0.1) is 0 Å². The standard InChI is InChI=1S/C23H35N5O4S.C6H6/c1-16(2)13-26-14-20-27(19(22(26)30)10-11-33-5)21(29)15-25(3)28(20)23(31)24-12-17-6-8-18(32-4)9-7-17;1-2-4-6-5-3-1/h6-9,16,19-20H,10-15H2,1-5H3,(H,24,31);1-6H/t19-,20?;/m0./s1. The molecule has 2 aliphatic heterocycles. The summed E-state index contributed by atoms with van der Waals surface area (Å²) in [6, 6.07) is 18.7. The molecule has 4 amide bonds. The van der Waals surface area contributed by atoms with Crippen LogP contribution in [0.3, 0.4) is 0 Å². The highest BCUT2D eigenvalue weighted by atomic mass is 32.2. The first-order chi connectivity index (χ1) is 18.8. The molecule has 0 aliphatic carbocycles. The molecule has 2 atom stereocenters. The first-order valence-corrected chi connectivity index (χ1v) is 14.7. The number of carbonyl (C=O) groups excluding carboxylic acids is 3. The number of carbonyl (C=O) groups is 3. The van der Waals surface area contributed by atoms with E-state index < -0.39 is 12.2 Å². The Balaban J connectivity index is 0.000000617. The van der Waals surface area contributed by atoms with Crippen LogP contribution in [0.2, 0.25) is 0 Å². The van der Waals surface area contributed by atoms with E-state index in [0.29, 0.717) is 26.1 Å². The molecule has 0 aromatic heterocycles. The summed E-state index contributed by atoms with van der Waals surface area (Å²) in [6.07, 6.45) is 2.03. The van der Waals surface area contributed by atoms with Crippen molar-refractivity contribution in [3.8, 4) is 5.75 Å². The maximum absolute atomic E-state index is 13.3. The number of hydrogen-bond donors (Lipinski definition) is 1. The average molecular weight is 556 g/mol. The number of hydrogen-bond acceptors (Lipinski definition) is 6. The van der Waals surface area contributed by atoms with E-state index in [1.807, 2.05) is 71.8 Å². The van der Waals surface area contributed by atoms with Crippen LogP contribution >= 0.6 is 11.8 Å². The summed E-state index contributed by atoms with van der Waals surface area (Å²) in [7, 11) is 3.35. The fourth-order valence-corrected chi connectivity index (χ4v) is 5.26. The molecule has 0 radical (unpaired) electrons. The van der Waals surface area contributed by atoms with Gasteiger partial charge in [0.05, 0.1) is 20.2 Å². The number of methoxy groups -OCH3 is 1. The summed E-state index contributed by atoms with van der Waals surface area (Å²) in [4.78, 5) is 43.1. The van der Waals surface area contributed by atoms with Crippen molar-refractivity contribution in [3.05, 3.63) is 66.2 Å². The van der Waals surface area contributed by atoms with Crippen LogP contribution in [0.1, 0.15) is 25.8 Å². The molecular formula is C29H41N5O4S. The fraction of sp³-hybridized carbons (Fsp3) is 0.483. The Morgan fingerprint density at radius 1 is 1.08 bits per heavy atom. The number of nitrogens with one attached hydrogen (secondary N) is 1. The van der Waals surface area contributed by atoms with Crippen LogP contribution in [-0.2, 0) is 16.1 Å². The number of thioether (sulfide) groups is 1. The molecule has 4 rings (SSSR count). The van der Waals surface area contributed by atoms with Crippen LogP contribution in [0.15, 0.2) is 60.7 Å². The van der Waals surface area contributed by atoms with Crippen molar-refractivity contribution >= 4 is 29.6 Å². The molecule has 2 fully saturated rings. The molecule has 1 unspecified atom stereocenters. The van der Waals surface area contributed by atoms with Gasteiger partial charge in [-0.1, -0.05) is 62.4 Å². The minimum absolute atomic E-state index is 0.0227. The number of ether oxygens (including phenoxy) is 1. The number of amides is 4. The minimum Gasteiger partial charge on any atom is -0.497 e. The van der Waals surface area contributed by atoms with E-state index in [9.17, 15) is 14.4 Å². The fourth-order valence-electron chi connectivity index (χ4n) is 4.80. The molecule has 39 heavy (non-hydrogen) atoms. The molecule has 1 N–H and O–H groups in total. The van der Waals surface area contributed by atoms with Crippen molar-refractivity contribution in [2.75, 3.05) is 45.8 Å². The van der Waals surface area contributed by atoms with Crippen LogP contribution < -0.4 is 10.1 Å². The van der Waals surface area contributed by atoms with Crippen molar-refractivity contribution in [2.45, 2.75) is 39.0 Å². The third-order valence-corrected chi connectivity index (χ3v) is 7.24. The van der Waals surface area contributed by atoms with Crippen LogP contribution in [0.4, 0.5) is 4.79 Å². The van der Waals surface area contributed by atoms with Gasteiger partial charge in [-0.3, -0.25) is 9.59 Å². The SMILES string of the molecule is COc1ccc(CNC(=O)N2C3CN(CC(C)C)C(=O)[C@H](CCSC)N3C(=O)CN2C)cc1.c1ccccc1. The van der Waals surface area contributed by atoms with E-state index in [1.54, 1.807) is 40.8 Å². The predicted octanol–water partition coefficient (Wildman–Crippen LogP) is 3.53. The van der Waals surface area contributed by atoms with Crippen molar-refractivity contribution in [2.24, 2.45) is 5.92 Å². The third kappa shape index (κ3) is 8.12. The summed E-state index contributed by atoms with van der Waals surface area (Å²) >= 11 is 1.65. The molecule has 9 nitrogen and oxygen atoms in total. The normalized spacial score (nSPS) is 19.4. The van der Waals surface area contributed by atoms with Gasteiger partial charge in [-0.25, -0.2) is 14.8 Å². The zero-order valence-electron chi connectivity index (χ0n) is 23.6. The maximum atomic E-state index is 13.3. The smallest absolute Gasteiger partial charge is 0.334 e. The number of benzene rings is 2. The largest absolute Gasteiger partial charge is 0.497 e. The van der Waals surface area contributed by atoms with E-state index in [4.69, 9.17) is 4.74 Å². The van der Waals surface area contributed by atoms with Crippen LogP contribution in [0.5, 0.6) is 5.75 Å². The van der Waals surface area contributed by atoms with Gasteiger partial charge in [0.1, 0.15) is 18.0 Å². The van der Waals surface area contributed by atoms with Crippen molar-refractivity contribution in [3.63, 3.8) is 0 Å². The highest BCUT2D eigenvalue weighted by Crippen LogP contribution is 2.28. The lowest BCUT2D eigenvalue weighted by atomic mass is 10.0. The number of nitrogens with zero attached hydrogens (tertiary/aromatic N) is 4. The lowest BCUT2D eigenvalue weighted by molar-refractivity contribution is -0.187. The van der Waals surface area contributed by atoms with Gasteiger partial charge in [-0.05, 0) is 42.0 Å². The zero-order chi connectivity index (χ0) is 28.4. The van der Waals surface area contributed by atoms with Gasteiger partial charge in [-0.2, -0.15) is 11.8 Å². The van der Waals surface area contributed by atoms with Gasteiger partial charge < -0.3 is 19.9 Å². The second-order valence-electron chi connectivity index (χ2n) is 10.0. The van der Waals surface area contributed by atoms with E-state index in [1.165, 1.54) is 0 Å². The van der Waals surface area contributed by atoms with E-state index in [2.05, 4.69) is 19.2 Å². The molecule has 0 saturated carbocycles. The molecule has 2 saturated heterocycles. The Bertz CT molecular complexity index is 1040. The van der Waals surface area contributed by atoms with Crippen molar-refractivity contribution in [1.82, 2.24) is 25.1 Å². The third-order valence-electron chi connectivity index (χ3n) is 6.60. The average Bonchev–Trinajstić information content (AvgIpc) is 2.93. The number of likely N-dealkylation sites (N-methyl/N-ethyl adjacent to an activating group) is 1. The first-order valence-electron chi connectivity index (χ1n) is 13.3. The van der Waals surface area contributed by atoms with Crippen molar-refractivity contribution < 1.29 is 19.1 Å². The lowest BCUT2D eigenvalue weighted by Crippen LogP contribution is -2.76. The highest BCUT2D eigenvalue weighted by Gasteiger charge is 2.50. The van der Waals surface area contributed by atoms with Gasteiger partial charge in [0.25, 0.3) is 0 Å². The summed E-state index contributed by atoms with van der Waals surface area (Å²) in [5.74, 6) is 1.66. The number of piperazine rings is 1. The van der Waals surface area contributed by atoms with Gasteiger partial charge >= 0.3 is 6.03 Å². The van der Waals surface area contributed by atoms with E-state index in [0.717, 1.165) is 17.1 Å². The summed E-state index contributed by atoms with van der Waals surface area (Å²) in [5, 5.41) is 6.22. The Hall–Kier alpha value is -3.24. The summed E-state index contributed by atoms with van der Waals surface area (Å²) in [5.41, 5.74) is 0.940. The second kappa shape index (κ2) is 14.8. The predicted molar refractivity (Wildman–Crippen MR) is 155 cm³/mol. The zero-order valence-corrected chi connectivity index (χ0v) is 24.4. The molecule has 2 aromatic rings. The quantitative estimate of drug-likeness (QED) is 0.537. The topological polar surface area (TPSA) is 85.4 Å². The summed E-state index contributed by atoms with van der Waals surface area (Å²) in [6.45, 7) is 5.43. The van der Waals surface area contributed by atoms with Gasteiger partial charge in [0, 0.05) is 20.1 Å². The van der Waals surface area contributed by atoms with Crippen LogP contribution in [-0.4, -0.2) is 95.7 Å². The van der Waals surface area contributed by atoms with Crippen LogP contribution in [0, 0.1) is 5.92 Å². The minimum atomic E-state index is -0.548. The molecule has 0 bridgehead atoms. The van der Waals surface area contributed by atoms with E-state index in [-0.39, 0.29) is 30.3 Å². The maximum Gasteiger partial charge on any atom is 0.334 e. The molecule has 0 spiro atoms. The molecule has 212 valence electrons. The Morgan fingerprint density at radius 3 is 2.23 bits per heavy atom. The molecule has 2 heterocycles. The van der Waals surface area contributed by atoms with Crippen molar-refractivity contribution in [1.29, 1.82) is 0 Å². The summed E-state index contributed by atoms with van der Waals surface area (Å²) < 4.78 is 5.18. The number of hydrazine groups is 1. The van der Waals surface area contributed by atoms with Crippen LogP contribution in [0.25, 0.3) is 0 Å². The number of fused-ring (bicyclic) bond motifs is 1.